The van der Waals surface area contributed by atoms with Gasteiger partial charge < -0.3 is 29.9 Å². The van der Waals surface area contributed by atoms with Crippen LogP contribution in [0.1, 0.15) is 37.5 Å². The van der Waals surface area contributed by atoms with Crippen LogP contribution in [-0.4, -0.2) is 55.5 Å². The van der Waals surface area contributed by atoms with E-state index in [1.807, 2.05) is 42.6 Å². The first-order valence-electron chi connectivity index (χ1n) is 13.0. The Balaban J connectivity index is 1.37. The maximum Gasteiger partial charge on any atom is 0.232 e. The van der Waals surface area contributed by atoms with Crippen LogP contribution < -0.4 is 20.1 Å². The molecule has 0 spiro atoms. The molecule has 3 aromatic heterocycles. The number of hydrogen-bond donors (Lipinski definition) is 5. The van der Waals surface area contributed by atoms with Gasteiger partial charge in [-0.3, -0.25) is 5.32 Å². The van der Waals surface area contributed by atoms with Crippen molar-refractivity contribution < 1.29 is 14.6 Å². The van der Waals surface area contributed by atoms with Crippen LogP contribution in [0.4, 0.5) is 11.6 Å². The second-order valence-corrected chi connectivity index (χ2v) is 9.49. The van der Waals surface area contributed by atoms with E-state index in [1.54, 1.807) is 26.6 Å². The van der Waals surface area contributed by atoms with E-state index in [-0.39, 0.29) is 6.10 Å². The molecule has 0 bridgehead atoms. The Labute approximate surface area is 225 Å². The molecule has 1 aliphatic rings. The summed E-state index contributed by atoms with van der Waals surface area (Å²) in [6, 6.07) is 13.5. The number of aliphatic hydroxyl groups excluding tert-OH is 1. The van der Waals surface area contributed by atoms with Gasteiger partial charge in [0.1, 0.15) is 30.1 Å². The number of rotatable bonds is 9. The highest BCUT2D eigenvalue weighted by Crippen LogP contribution is 2.38. The van der Waals surface area contributed by atoms with Crippen LogP contribution in [0.25, 0.3) is 33.5 Å². The van der Waals surface area contributed by atoms with Crippen LogP contribution >= 0.6 is 0 Å². The summed E-state index contributed by atoms with van der Waals surface area (Å²) >= 11 is 0. The standard InChI is InChI=1S/C28H30N8O3/c1-29-26(37)18-11-12-21(22(13-18)38-2)33-28-34-25-23(27(35-28)39-19-5-3-4-6-19)20(14-30-25)16-7-9-17(10-8-16)24-31-15-32-36-24/h7-15,19,26,29,37H,3-6H2,1-2H3,(H,31,32,36)(H2,30,33,34,35). The van der Waals surface area contributed by atoms with Crippen molar-refractivity contribution in [3.8, 4) is 34.1 Å². The molecule has 0 aliphatic heterocycles. The SMILES string of the molecule is CNC(O)c1ccc(Nc2nc(OC3CCCC3)c3c(-c4ccc(-c5nnc[nH]5)cc4)c[nH]c3n2)c(OC)c1. The Bertz CT molecular complexity index is 1560. The zero-order chi connectivity index (χ0) is 26.8. The molecule has 5 aromatic rings. The molecule has 39 heavy (non-hydrogen) atoms. The quantitative estimate of drug-likeness (QED) is 0.173. The molecule has 2 aromatic carbocycles. The molecule has 1 atom stereocenters. The van der Waals surface area contributed by atoms with Crippen molar-refractivity contribution in [3.63, 3.8) is 0 Å². The molecule has 1 saturated carbocycles. The molecule has 11 nitrogen and oxygen atoms in total. The summed E-state index contributed by atoms with van der Waals surface area (Å²) in [5, 5.41) is 25.0. The van der Waals surface area contributed by atoms with Gasteiger partial charge in [0.25, 0.3) is 0 Å². The van der Waals surface area contributed by atoms with Gasteiger partial charge in [-0.15, -0.1) is 10.2 Å². The van der Waals surface area contributed by atoms with Crippen molar-refractivity contribution >= 4 is 22.7 Å². The number of nitrogens with one attached hydrogen (secondary N) is 4. The van der Waals surface area contributed by atoms with Gasteiger partial charge in [0, 0.05) is 17.3 Å². The van der Waals surface area contributed by atoms with Crippen molar-refractivity contribution in [3.05, 3.63) is 60.6 Å². The zero-order valence-corrected chi connectivity index (χ0v) is 21.7. The van der Waals surface area contributed by atoms with E-state index >= 15 is 0 Å². The number of nitrogens with zero attached hydrogens (tertiary/aromatic N) is 4. The third-order valence-corrected chi connectivity index (χ3v) is 7.03. The number of ether oxygens (including phenoxy) is 2. The number of H-pyrrole nitrogens is 2. The lowest BCUT2D eigenvalue weighted by Gasteiger charge is -2.17. The Hall–Kier alpha value is -4.48. The monoisotopic (exact) mass is 526 g/mol. The first kappa shape index (κ1) is 24.8. The third kappa shape index (κ3) is 5.01. The maximum atomic E-state index is 10.1. The van der Waals surface area contributed by atoms with Crippen LogP contribution in [0, 0.1) is 0 Å². The Morgan fingerprint density at radius 2 is 1.82 bits per heavy atom. The summed E-state index contributed by atoms with van der Waals surface area (Å²) in [7, 11) is 3.27. The molecule has 200 valence electrons. The van der Waals surface area contributed by atoms with E-state index in [2.05, 4.69) is 30.8 Å². The normalized spacial score (nSPS) is 14.5. The molecule has 1 aliphatic carbocycles. The van der Waals surface area contributed by atoms with Gasteiger partial charge in [0.15, 0.2) is 5.82 Å². The van der Waals surface area contributed by atoms with Crippen molar-refractivity contribution in [1.29, 1.82) is 0 Å². The van der Waals surface area contributed by atoms with E-state index in [4.69, 9.17) is 19.4 Å². The van der Waals surface area contributed by atoms with Crippen LogP contribution in [0.5, 0.6) is 11.6 Å². The van der Waals surface area contributed by atoms with Gasteiger partial charge in [-0.05, 0) is 56.0 Å². The molecule has 1 unspecified atom stereocenters. The summed E-state index contributed by atoms with van der Waals surface area (Å²) in [4.78, 5) is 15.9. The predicted molar refractivity (Wildman–Crippen MR) is 148 cm³/mol. The van der Waals surface area contributed by atoms with E-state index < -0.39 is 6.23 Å². The van der Waals surface area contributed by atoms with Gasteiger partial charge in [-0.1, -0.05) is 30.3 Å². The first-order chi connectivity index (χ1) is 19.1. The lowest BCUT2D eigenvalue weighted by molar-refractivity contribution is 0.149. The Morgan fingerprint density at radius 1 is 1.03 bits per heavy atom. The Morgan fingerprint density at radius 3 is 2.54 bits per heavy atom. The van der Waals surface area contributed by atoms with Crippen molar-refractivity contribution in [2.45, 2.75) is 38.0 Å². The highest BCUT2D eigenvalue weighted by atomic mass is 16.5. The number of fused-ring (bicyclic) bond motifs is 1. The highest BCUT2D eigenvalue weighted by molar-refractivity contribution is 5.98. The lowest BCUT2D eigenvalue weighted by Crippen LogP contribution is -2.15. The molecular formula is C28H30N8O3. The second-order valence-electron chi connectivity index (χ2n) is 9.49. The van der Waals surface area contributed by atoms with Crippen LogP contribution in [0.3, 0.4) is 0 Å². The summed E-state index contributed by atoms with van der Waals surface area (Å²) in [6.45, 7) is 0. The number of aromatic nitrogens is 6. The number of anilines is 2. The van der Waals surface area contributed by atoms with E-state index in [0.717, 1.165) is 47.8 Å². The van der Waals surface area contributed by atoms with Gasteiger partial charge in [-0.2, -0.15) is 9.97 Å². The van der Waals surface area contributed by atoms with E-state index in [1.165, 1.54) is 0 Å². The van der Waals surface area contributed by atoms with Gasteiger partial charge in [0.05, 0.1) is 18.2 Å². The molecule has 3 heterocycles. The average Bonchev–Trinajstić information content (AvgIpc) is 3.76. The van der Waals surface area contributed by atoms with Crippen LogP contribution in [0.15, 0.2) is 55.0 Å². The van der Waals surface area contributed by atoms with Gasteiger partial charge in [-0.25, -0.2) is 0 Å². The fourth-order valence-corrected chi connectivity index (χ4v) is 4.96. The molecule has 0 saturated heterocycles. The topological polar surface area (TPSA) is 146 Å². The minimum Gasteiger partial charge on any atom is -0.495 e. The van der Waals surface area contributed by atoms with Gasteiger partial charge in [0.2, 0.25) is 11.8 Å². The van der Waals surface area contributed by atoms with E-state index in [0.29, 0.717) is 40.3 Å². The van der Waals surface area contributed by atoms with Crippen molar-refractivity contribution in [2.75, 3.05) is 19.5 Å². The fourth-order valence-electron chi connectivity index (χ4n) is 4.96. The fraction of sp³-hybridized carbons (Fsp3) is 0.286. The zero-order valence-electron chi connectivity index (χ0n) is 21.7. The molecule has 5 N–H and O–H groups in total. The summed E-state index contributed by atoms with van der Waals surface area (Å²) in [5.41, 5.74) is 4.93. The smallest absolute Gasteiger partial charge is 0.232 e. The maximum absolute atomic E-state index is 10.1. The molecule has 6 rings (SSSR count). The number of methoxy groups -OCH3 is 1. The van der Waals surface area contributed by atoms with Crippen LogP contribution in [-0.2, 0) is 0 Å². The predicted octanol–water partition coefficient (Wildman–Crippen LogP) is 4.69. The number of hydrogen-bond acceptors (Lipinski definition) is 9. The van der Waals surface area contributed by atoms with Crippen molar-refractivity contribution in [2.24, 2.45) is 0 Å². The summed E-state index contributed by atoms with van der Waals surface area (Å²) in [5.74, 6) is 2.19. The largest absolute Gasteiger partial charge is 0.495 e. The number of aromatic amines is 2. The third-order valence-electron chi connectivity index (χ3n) is 7.03. The Kier molecular flexibility index (Phi) is 6.82. The highest BCUT2D eigenvalue weighted by Gasteiger charge is 2.23. The number of benzene rings is 2. The number of aliphatic hydroxyl groups is 1. The average molecular weight is 527 g/mol. The van der Waals surface area contributed by atoms with Gasteiger partial charge >= 0.3 is 0 Å². The molecule has 11 heteroatoms. The molecular weight excluding hydrogens is 496 g/mol. The molecule has 1 fully saturated rings. The minimum absolute atomic E-state index is 0.115. The van der Waals surface area contributed by atoms with Crippen LogP contribution in [0.2, 0.25) is 0 Å². The van der Waals surface area contributed by atoms with Crippen molar-refractivity contribution in [1.82, 2.24) is 35.5 Å². The molecule has 0 amide bonds. The van der Waals surface area contributed by atoms with E-state index in [9.17, 15) is 5.11 Å². The lowest BCUT2D eigenvalue weighted by atomic mass is 10.0. The second kappa shape index (κ2) is 10.7. The summed E-state index contributed by atoms with van der Waals surface area (Å²) < 4.78 is 12.1. The summed E-state index contributed by atoms with van der Waals surface area (Å²) in [6.07, 6.45) is 7.12. The first-order valence-corrected chi connectivity index (χ1v) is 13.0. The molecule has 0 radical (unpaired) electrons. The minimum atomic E-state index is -0.797.